The maximum absolute atomic E-state index is 13.4. The minimum absolute atomic E-state index is 0.0734. The Balaban J connectivity index is 1.97. The van der Waals surface area contributed by atoms with Gasteiger partial charge in [0, 0.05) is 18.0 Å². The van der Waals surface area contributed by atoms with Crippen molar-refractivity contribution in [3.05, 3.63) is 40.4 Å². The molecule has 33 heavy (non-hydrogen) atoms. The Morgan fingerprint density at radius 3 is 2.48 bits per heavy atom. The third kappa shape index (κ3) is 8.75. The third-order valence-electron chi connectivity index (χ3n) is 4.97. The van der Waals surface area contributed by atoms with E-state index in [1.807, 2.05) is 20.8 Å². The van der Waals surface area contributed by atoms with Crippen molar-refractivity contribution in [1.29, 1.82) is 0 Å². The summed E-state index contributed by atoms with van der Waals surface area (Å²) in [5.74, 6) is -2.47. The highest BCUT2D eigenvalue weighted by Crippen LogP contribution is 2.31. The molecule has 2 amide bonds. The summed E-state index contributed by atoms with van der Waals surface area (Å²) >= 11 is 1.26. The van der Waals surface area contributed by atoms with Crippen molar-refractivity contribution in [1.82, 2.24) is 20.8 Å². The molecular weight excluding hydrogens is 452 g/mol. The number of nitrogens with one attached hydrogen (secondary N) is 3. The van der Waals surface area contributed by atoms with Gasteiger partial charge >= 0.3 is 0 Å². The van der Waals surface area contributed by atoms with Crippen molar-refractivity contribution in [3.8, 4) is 0 Å². The summed E-state index contributed by atoms with van der Waals surface area (Å²) in [6.45, 7) is 7.22. The fraction of sp³-hybridized carbons (Fsp3) is 0.545. The van der Waals surface area contributed by atoms with Gasteiger partial charge in [-0.1, -0.05) is 38.5 Å². The summed E-state index contributed by atoms with van der Waals surface area (Å²) in [5.41, 5.74) is -0.0921. The number of carbonyl (C=O) groups excluding carboxylic acids is 2. The number of nitrogens with zero attached hydrogens (tertiary/aromatic N) is 2. The number of aliphatic hydroxyl groups excluding tert-OH is 1. The minimum atomic E-state index is -0.816. The molecule has 0 aliphatic carbocycles. The molecule has 0 aliphatic rings. The molecule has 1 aromatic carbocycles. The van der Waals surface area contributed by atoms with Crippen LogP contribution in [-0.4, -0.2) is 52.9 Å². The van der Waals surface area contributed by atoms with Crippen LogP contribution >= 0.6 is 11.3 Å². The highest BCUT2D eigenvalue weighted by Gasteiger charge is 2.27. The lowest BCUT2D eigenvalue weighted by molar-refractivity contribution is -0.126. The molecule has 1 aromatic heterocycles. The van der Waals surface area contributed by atoms with Gasteiger partial charge in [-0.2, -0.15) is 0 Å². The molecule has 0 saturated carbocycles. The number of amides is 2. The lowest BCUT2D eigenvalue weighted by atomic mass is 9.90. The van der Waals surface area contributed by atoms with E-state index in [0.717, 1.165) is 29.6 Å². The normalized spacial score (nSPS) is 12.4. The number of anilines is 1. The zero-order valence-corrected chi connectivity index (χ0v) is 19.9. The molecule has 182 valence electrons. The molecule has 8 nitrogen and oxygen atoms in total. The topological polar surface area (TPSA) is 116 Å². The van der Waals surface area contributed by atoms with Gasteiger partial charge in [0.15, 0.2) is 0 Å². The van der Waals surface area contributed by atoms with Crippen LogP contribution in [0.2, 0.25) is 0 Å². The molecule has 2 rings (SSSR count). The van der Waals surface area contributed by atoms with Gasteiger partial charge in [-0.3, -0.25) is 14.9 Å². The molecule has 11 heteroatoms. The van der Waals surface area contributed by atoms with Crippen molar-refractivity contribution < 1.29 is 23.5 Å². The number of benzene rings is 1. The summed E-state index contributed by atoms with van der Waals surface area (Å²) in [7, 11) is 0. The van der Waals surface area contributed by atoms with E-state index in [-0.39, 0.29) is 24.0 Å². The molecule has 4 N–H and O–H groups in total. The fourth-order valence-corrected chi connectivity index (χ4v) is 4.03. The first-order valence-electron chi connectivity index (χ1n) is 10.9. The van der Waals surface area contributed by atoms with Crippen molar-refractivity contribution in [2.24, 2.45) is 0 Å². The van der Waals surface area contributed by atoms with E-state index in [0.29, 0.717) is 31.1 Å². The van der Waals surface area contributed by atoms with E-state index in [9.17, 15) is 18.4 Å². The first-order chi connectivity index (χ1) is 15.6. The van der Waals surface area contributed by atoms with Crippen LogP contribution in [0.3, 0.4) is 0 Å². The predicted octanol–water partition coefficient (Wildman–Crippen LogP) is 2.53. The molecular formula is C22H31F2N5O3S. The van der Waals surface area contributed by atoms with Crippen LogP contribution in [0.25, 0.3) is 0 Å². The summed E-state index contributed by atoms with van der Waals surface area (Å²) in [6.07, 6.45) is 1.55. The van der Waals surface area contributed by atoms with E-state index in [1.165, 1.54) is 11.3 Å². The molecule has 1 atom stereocenters. The monoisotopic (exact) mass is 483 g/mol. The van der Waals surface area contributed by atoms with Crippen LogP contribution in [0.15, 0.2) is 18.2 Å². The van der Waals surface area contributed by atoms with E-state index < -0.39 is 29.5 Å². The van der Waals surface area contributed by atoms with Gasteiger partial charge in [-0.25, -0.2) is 8.78 Å². The van der Waals surface area contributed by atoms with Gasteiger partial charge in [-0.05, 0) is 37.1 Å². The number of aliphatic hydroxyl groups is 1. The van der Waals surface area contributed by atoms with Gasteiger partial charge in [0.2, 0.25) is 16.9 Å². The fourth-order valence-electron chi connectivity index (χ4n) is 3.15. The highest BCUT2D eigenvalue weighted by atomic mass is 32.1. The number of aromatic nitrogens is 2. The van der Waals surface area contributed by atoms with Crippen molar-refractivity contribution in [2.45, 2.75) is 57.9 Å². The van der Waals surface area contributed by atoms with Crippen LogP contribution in [0.4, 0.5) is 13.9 Å². The van der Waals surface area contributed by atoms with E-state index >= 15 is 0 Å². The number of carbonyl (C=O) groups is 2. The lowest BCUT2D eigenvalue weighted by Crippen LogP contribution is -2.44. The Bertz CT molecular complexity index is 918. The predicted molar refractivity (Wildman–Crippen MR) is 123 cm³/mol. The van der Waals surface area contributed by atoms with Gasteiger partial charge in [-0.15, -0.1) is 10.2 Å². The molecule has 1 unspecified atom stereocenters. The second kappa shape index (κ2) is 12.7. The van der Waals surface area contributed by atoms with Crippen LogP contribution < -0.4 is 16.0 Å². The van der Waals surface area contributed by atoms with Crippen LogP contribution in [0.5, 0.6) is 0 Å². The second-order valence-corrected chi connectivity index (χ2v) is 9.35. The molecule has 0 fully saturated rings. The summed E-state index contributed by atoms with van der Waals surface area (Å²) in [5, 5.41) is 26.7. The van der Waals surface area contributed by atoms with Crippen molar-refractivity contribution in [3.63, 3.8) is 0 Å². The molecule has 0 radical (unpaired) electrons. The maximum atomic E-state index is 13.4. The Kier molecular flexibility index (Phi) is 10.3. The Morgan fingerprint density at radius 2 is 1.85 bits per heavy atom. The SMILES string of the molecule is CCCC(NC(=O)Cc1cc(F)cc(F)c1)C(=O)Nc1nnc(C(C)(C)CCNCCO)s1. The lowest BCUT2D eigenvalue weighted by Gasteiger charge is -2.21. The molecule has 0 spiro atoms. The zero-order valence-electron chi connectivity index (χ0n) is 19.1. The van der Waals surface area contributed by atoms with Gasteiger partial charge in [0.25, 0.3) is 0 Å². The molecule has 0 aliphatic heterocycles. The zero-order chi connectivity index (χ0) is 24.4. The van der Waals surface area contributed by atoms with Crippen molar-refractivity contribution >= 4 is 28.3 Å². The molecule has 1 heterocycles. The molecule has 2 aromatic rings. The van der Waals surface area contributed by atoms with Crippen LogP contribution in [-0.2, 0) is 21.4 Å². The number of hydrogen-bond acceptors (Lipinski definition) is 7. The van der Waals surface area contributed by atoms with Crippen molar-refractivity contribution in [2.75, 3.05) is 25.0 Å². The van der Waals surface area contributed by atoms with Gasteiger partial charge < -0.3 is 15.7 Å². The largest absolute Gasteiger partial charge is 0.395 e. The summed E-state index contributed by atoms with van der Waals surface area (Å²) in [6, 6.07) is 2.09. The standard InChI is InChI=1S/C22H31F2N5O3S/c1-4-5-17(26-18(31)12-14-10-15(23)13-16(24)11-14)19(32)27-21-29-28-20(33-21)22(2,3)6-7-25-8-9-30/h10-11,13,17,25,30H,4-9,12H2,1-3H3,(H,26,31)(H,27,29,32). The number of rotatable bonds is 13. The quantitative estimate of drug-likeness (QED) is 0.326. The smallest absolute Gasteiger partial charge is 0.248 e. The highest BCUT2D eigenvalue weighted by molar-refractivity contribution is 7.15. The Morgan fingerprint density at radius 1 is 1.15 bits per heavy atom. The summed E-state index contributed by atoms with van der Waals surface area (Å²) < 4.78 is 26.7. The number of halogens is 2. The third-order valence-corrected chi connectivity index (χ3v) is 6.17. The van der Waals surface area contributed by atoms with Crippen LogP contribution in [0, 0.1) is 11.6 Å². The minimum Gasteiger partial charge on any atom is -0.395 e. The summed E-state index contributed by atoms with van der Waals surface area (Å²) in [4.78, 5) is 25.1. The van der Waals surface area contributed by atoms with E-state index in [4.69, 9.17) is 5.11 Å². The second-order valence-electron chi connectivity index (χ2n) is 8.37. The first kappa shape index (κ1) is 26.7. The molecule has 0 saturated heterocycles. The maximum Gasteiger partial charge on any atom is 0.248 e. The van der Waals surface area contributed by atoms with Gasteiger partial charge in [0.1, 0.15) is 22.7 Å². The van der Waals surface area contributed by atoms with Crippen LogP contribution in [0.1, 0.15) is 50.6 Å². The molecule has 0 bridgehead atoms. The Hall–Kier alpha value is -2.50. The van der Waals surface area contributed by atoms with E-state index in [2.05, 4.69) is 26.1 Å². The average molecular weight is 484 g/mol. The number of hydrogen-bond donors (Lipinski definition) is 4. The average Bonchev–Trinajstić information content (AvgIpc) is 3.19. The first-order valence-corrected chi connectivity index (χ1v) is 11.7. The van der Waals surface area contributed by atoms with E-state index in [1.54, 1.807) is 0 Å². The Labute approximate surface area is 196 Å². The van der Waals surface area contributed by atoms with Gasteiger partial charge in [0.05, 0.1) is 13.0 Å².